The summed E-state index contributed by atoms with van der Waals surface area (Å²) < 4.78 is 0. The van der Waals surface area contributed by atoms with Crippen molar-refractivity contribution in [2.75, 3.05) is 13.2 Å². The van der Waals surface area contributed by atoms with E-state index >= 15 is 0 Å². The Labute approximate surface area is 99.9 Å². The molecule has 1 unspecified atom stereocenters. The van der Waals surface area contributed by atoms with Crippen molar-refractivity contribution in [1.29, 1.82) is 0 Å². The molecule has 3 heteroatoms. The minimum Gasteiger partial charge on any atom is -0.396 e. The Morgan fingerprint density at radius 1 is 1.00 bits per heavy atom. The van der Waals surface area contributed by atoms with E-state index in [-0.39, 0.29) is 13.2 Å². The van der Waals surface area contributed by atoms with Crippen LogP contribution in [-0.4, -0.2) is 23.4 Å². The maximum Gasteiger partial charge on any atom is 0.0434 e. The molecule has 0 saturated carbocycles. The molecule has 0 saturated heterocycles. The quantitative estimate of drug-likeness (QED) is 0.737. The van der Waals surface area contributed by atoms with Gasteiger partial charge in [0.2, 0.25) is 0 Å². The minimum absolute atomic E-state index is 0.234. The molecular weight excluding hydrogens is 219 g/mol. The van der Waals surface area contributed by atoms with E-state index in [9.17, 15) is 0 Å². The van der Waals surface area contributed by atoms with Gasteiger partial charge in [-0.25, -0.2) is 0 Å². The molecule has 0 bridgehead atoms. The first-order chi connectivity index (χ1) is 7.70. The molecule has 0 amide bonds. The number of benzene rings is 1. The molecule has 0 fully saturated rings. The number of hydrogen-bond acceptors (Lipinski definition) is 2. The van der Waals surface area contributed by atoms with Gasteiger partial charge in [-0.2, -0.15) is 0 Å². The zero-order valence-corrected chi connectivity index (χ0v) is 11.0. The smallest absolute Gasteiger partial charge is 0.0434 e. The number of rotatable bonds is 6. The minimum atomic E-state index is 0.234. The summed E-state index contributed by atoms with van der Waals surface area (Å²) in [5.41, 5.74) is 3.95. The Balaban J connectivity index is 2.94. The van der Waals surface area contributed by atoms with E-state index in [1.165, 1.54) is 22.0 Å². The predicted octanol–water partition coefficient (Wildman–Crippen LogP) is 1.35. The van der Waals surface area contributed by atoms with Gasteiger partial charge >= 0.3 is 0 Å². The molecule has 0 aromatic heterocycles. The summed E-state index contributed by atoms with van der Waals surface area (Å²) in [5.74, 6) is 0. The molecule has 1 atom stereocenters. The maximum absolute atomic E-state index is 8.91. The van der Waals surface area contributed by atoms with E-state index in [1.54, 1.807) is 0 Å². The lowest BCUT2D eigenvalue weighted by atomic mass is 9.95. The normalized spacial score (nSPS) is 10.8. The van der Waals surface area contributed by atoms with Crippen molar-refractivity contribution >= 4 is 14.5 Å². The van der Waals surface area contributed by atoms with Gasteiger partial charge in [0.1, 0.15) is 0 Å². The van der Waals surface area contributed by atoms with Crippen molar-refractivity contribution in [3.63, 3.8) is 0 Å². The van der Waals surface area contributed by atoms with Crippen molar-refractivity contribution in [2.45, 2.75) is 32.6 Å². The molecule has 0 radical (unpaired) electrons. The van der Waals surface area contributed by atoms with Crippen LogP contribution in [0.3, 0.4) is 0 Å². The summed E-state index contributed by atoms with van der Waals surface area (Å²) in [5, 5.41) is 19.0. The monoisotopic (exact) mass is 240 g/mol. The van der Waals surface area contributed by atoms with Crippen LogP contribution in [0.25, 0.3) is 0 Å². The first kappa shape index (κ1) is 13.6. The highest BCUT2D eigenvalue weighted by Gasteiger charge is 2.08. The van der Waals surface area contributed by atoms with E-state index in [4.69, 9.17) is 10.2 Å². The summed E-state index contributed by atoms with van der Waals surface area (Å²) in [4.78, 5) is 0. The third kappa shape index (κ3) is 3.55. The SMILES string of the molecule is Cc1ccc(P)c(CCCO)c1CCCO. The summed E-state index contributed by atoms with van der Waals surface area (Å²) in [7, 11) is 2.76. The van der Waals surface area contributed by atoms with E-state index in [0.717, 1.165) is 25.7 Å². The van der Waals surface area contributed by atoms with E-state index in [0.29, 0.717) is 0 Å². The lowest BCUT2D eigenvalue weighted by Gasteiger charge is -2.15. The second-order valence-electron chi connectivity index (χ2n) is 4.08. The maximum atomic E-state index is 8.91. The molecule has 1 aromatic carbocycles. The van der Waals surface area contributed by atoms with Crippen LogP contribution in [0.15, 0.2) is 12.1 Å². The molecule has 16 heavy (non-hydrogen) atoms. The Morgan fingerprint density at radius 2 is 1.56 bits per heavy atom. The number of aliphatic hydroxyl groups is 2. The first-order valence-electron chi connectivity index (χ1n) is 5.79. The molecular formula is C13H21O2P. The lowest BCUT2D eigenvalue weighted by molar-refractivity contribution is 0.286. The fourth-order valence-electron chi connectivity index (χ4n) is 1.98. The predicted molar refractivity (Wildman–Crippen MR) is 71.3 cm³/mol. The van der Waals surface area contributed by atoms with Crippen LogP contribution in [0.1, 0.15) is 29.5 Å². The van der Waals surface area contributed by atoms with E-state index in [2.05, 4.69) is 28.3 Å². The third-order valence-electron chi connectivity index (χ3n) is 2.87. The average molecular weight is 240 g/mol. The van der Waals surface area contributed by atoms with Crippen LogP contribution in [0, 0.1) is 6.92 Å². The summed E-state index contributed by atoms with van der Waals surface area (Å²) in [6, 6.07) is 4.23. The molecule has 1 aromatic rings. The van der Waals surface area contributed by atoms with Crippen LogP contribution < -0.4 is 5.30 Å². The van der Waals surface area contributed by atoms with Crippen molar-refractivity contribution in [3.8, 4) is 0 Å². The average Bonchev–Trinajstić information content (AvgIpc) is 2.29. The van der Waals surface area contributed by atoms with Crippen LogP contribution in [0.4, 0.5) is 0 Å². The topological polar surface area (TPSA) is 40.5 Å². The summed E-state index contributed by atoms with van der Waals surface area (Å²) in [6.45, 7) is 2.58. The van der Waals surface area contributed by atoms with Gasteiger partial charge in [-0.15, -0.1) is 9.24 Å². The molecule has 0 heterocycles. The Morgan fingerprint density at radius 3 is 2.12 bits per heavy atom. The summed E-state index contributed by atoms with van der Waals surface area (Å²) >= 11 is 0. The van der Waals surface area contributed by atoms with Crippen LogP contribution in [-0.2, 0) is 12.8 Å². The standard InChI is InChI=1S/C13H21O2P/c1-10-6-7-13(16)12(5-3-9-15)11(10)4-2-8-14/h6-7,14-15H,2-5,8-9,16H2,1H3. The Bertz CT molecular complexity index is 304. The van der Waals surface area contributed by atoms with Gasteiger partial charge in [0.15, 0.2) is 0 Å². The van der Waals surface area contributed by atoms with Gasteiger partial charge in [-0.3, -0.25) is 0 Å². The fourth-order valence-corrected chi connectivity index (χ4v) is 2.40. The van der Waals surface area contributed by atoms with E-state index < -0.39 is 0 Å². The zero-order chi connectivity index (χ0) is 12.0. The lowest BCUT2D eigenvalue weighted by Crippen LogP contribution is -2.10. The fraction of sp³-hybridized carbons (Fsp3) is 0.538. The Kier molecular flexibility index (Phi) is 5.97. The van der Waals surface area contributed by atoms with Gasteiger partial charge in [-0.05, 0) is 54.6 Å². The molecule has 0 aliphatic carbocycles. The van der Waals surface area contributed by atoms with Crippen LogP contribution in [0.5, 0.6) is 0 Å². The van der Waals surface area contributed by atoms with Crippen LogP contribution in [0.2, 0.25) is 0 Å². The Hall–Kier alpha value is -0.430. The van der Waals surface area contributed by atoms with Crippen molar-refractivity contribution < 1.29 is 10.2 Å². The molecule has 2 N–H and O–H groups in total. The summed E-state index contributed by atoms with van der Waals surface area (Å²) in [6.07, 6.45) is 3.45. The number of aryl methyl sites for hydroxylation is 1. The molecule has 0 aliphatic rings. The highest BCUT2D eigenvalue weighted by molar-refractivity contribution is 7.27. The third-order valence-corrected chi connectivity index (χ3v) is 3.41. The number of hydrogen-bond donors (Lipinski definition) is 2. The van der Waals surface area contributed by atoms with Gasteiger partial charge in [0, 0.05) is 13.2 Å². The molecule has 90 valence electrons. The van der Waals surface area contributed by atoms with Crippen molar-refractivity contribution in [1.82, 2.24) is 0 Å². The molecule has 0 spiro atoms. The van der Waals surface area contributed by atoms with E-state index in [1.807, 2.05) is 0 Å². The second-order valence-corrected chi connectivity index (χ2v) is 4.71. The second kappa shape index (κ2) is 7.01. The zero-order valence-electron chi connectivity index (χ0n) is 9.87. The van der Waals surface area contributed by atoms with Gasteiger partial charge < -0.3 is 10.2 Å². The highest BCUT2D eigenvalue weighted by Crippen LogP contribution is 2.18. The largest absolute Gasteiger partial charge is 0.396 e. The van der Waals surface area contributed by atoms with Gasteiger partial charge in [0.25, 0.3) is 0 Å². The van der Waals surface area contributed by atoms with Gasteiger partial charge in [-0.1, -0.05) is 12.1 Å². The highest BCUT2D eigenvalue weighted by atomic mass is 31.0. The first-order valence-corrected chi connectivity index (χ1v) is 6.37. The number of aliphatic hydroxyl groups excluding tert-OH is 2. The van der Waals surface area contributed by atoms with Crippen LogP contribution >= 0.6 is 9.24 Å². The van der Waals surface area contributed by atoms with Crippen molar-refractivity contribution in [2.24, 2.45) is 0 Å². The molecule has 1 rings (SSSR count). The van der Waals surface area contributed by atoms with Crippen molar-refractivity contribution in [3.05, 3.63) is 28.8 Å². The molecule has 0 aliphatic heterocycles. The van der Waals surface area contributed by atoms with Gasteiger partial charge in [0.05, 0.1) is 0 Å². The molecule has 2 nitrogen and oxygen atoms in total.